The van der Waals surface area contributed by atoms with Crippen LogP contribution in [0.25, 0.3) is 0 Å². The summed E-state index contributed by atoms with van der Waals surface area (Å²) in [5.41, 5.74) is 1.26. The van der Waals surface area contributed by atoms with Gasteiger partial charge in [-0.15, -0.1) is 0 Å². The van der Waals surface area contributed by atoms with Crippen molar-refractivity contribution in [3.8, 4) is 0 Å². The molecule has 2 nitrogen and oxygen atoms in total. The fourth-order valence-electron chi connectivity index (χ4n) is 0.940. The van der Waals surface area contributed by atoms with Gasteiger partial charge in [-0.05, 0) is 24.6 Å². The lowest BCUT2D eigenvalue weighted by molar-refractivity contribution is 0.557. The van der Waals surface area contributed by atoms with Crippen LogP contribution >= 0.6 is 0 Å². The first kappa shape index (κ1) is 8.34. The fourth-order valence-corrected chi connectivity index (χ4v) is 0.940. The molecule has 62 valence electrons. The van der Waals surface area contributed by atoms with Crippen molar-refractivity contribution in [2.75, 3.05) is 6.54 Å². The summed E-state index contributed by atoms with van der Waals surface area (Å²) in [6, 6.07) is 2.57. The van der Waals surface area contributed by atoms with Crippen LogP contribution in [0.4, 0.5) is 0 Å². The van der Waals surface area contributed by atoms with E-state index in [9.17, 15) is 0 Å². The van der Waals surface area contributed by atoms with Gasteiger partial charge in [-0.1, -0.05) is 13.8 Å². The molecule has 0 spiro atoms. The third-order valence-electron chi connectivity index (χ3n) is 1.55. The molecule has 1 aromatic heterocycles. The minimum Gasteiger partial charge on any atom is -0.472 e. The van der Waals surface area contributed by atoms with Gasteiger partial charge in [0.15, 0.2) is 0 Å². The molecule has 1 rings (SSSR count). The van der Waals surface area contributed by atoms with Gasteiger partial charge in [0, 0.05) is 6.04 Å². The normalized spacial score (nSPS) is 10.8. The molecule has 0 unspecified atom stereocenters. The molecule has 1 N–H and O–H groups in total. The predicted octanol–water partition coefficient (Wildman–Crippen LogP) is 1.82. The highest BCUT2D eigenvalue weighted by molar-refractivity contribution is 5.05. The van der Waals surface area contributed by atoms with Crippen LogP contribution in [0.15, 0.2) is 23.0 Å². The zero-order valence-electron chi connectivity index (χ0n) is 7.13. The van der Waals surface area contributed by atoms with Crippen LogP contribution in [0.1, 0.15) is 19.4 Å². The molecule has 0 aliphatic rings. The second kappa shape index (κ2) is 4.19. The quantitative estimate of drug-likeness (QED) is 0.713. The Morgan fingerprint density at radius 3 is 2.91 bits per heavy atom. The predicted molar refractivity (Wildman–Crippen MR) is 45.6 cm³/mol. The van der Waals surface area contributed by atoms with Crippen LogP contribution in [0.3, 0.4) is 0 Å². The summed E-state index contributed by atoms with van der Waals surface area (Å²) >= 11 is 0. The van der Waals surface area contributed by atoms with Crippen LogP contribution < -0.4 is 5.32 Å². The lowest BCUT2D eigenvalue weighted by Crippen LogP contribution is -2.24. The monoisotopic (exact) mass is 153 g/mol. The summed E-state index contributed by atoms with van der Waals surface area (Å²) in [5.74, 6) is 0. The standard InChI is InChI=1S/C9H15NO/c1-8(2)10-5-3-9-4-6-11-7-9/h4,6-8,10H,3,5H2,1-2H3. The Morgan fingerprint density at radius 2 is 2.36 bits per heavy atom. The van der Waals surface area contributed by atoms with E-state index in [2.05, 4.69) is 19.2 Å². The SMILES string of the molecule is CC(C)NCCc1ccoc1. The topological polar surface area (TPSA) is 25.2 Å². The van der Waals surface area contributed by atoms with E-state index in [0.29, 0.717) is 6.04 Å². The molecule has 2 heteroatoms. The molecule has 1 aromatic rings. The molecule has 0 fully saturated rings. The van der Waals surface area contributed by atoms with Crippen molar-refractivity contribution in [3.63, 3.8) is 0 Å². The Kier molecular flexibility index (Phi) is 3.17. The van der Waals surface area contributed by atoms with Gasteiger partial charge in [-0.25, -0.2) is 0 Å². The lowest BCUT2D eigenvalue weighted by atomic mass is 10.2. The second-order valence-corrected chi connectivity index (χ2v) is 2.99. The zero-order chi connectivity index (χ0) is 8.10. The van der Waals surface area contributed by atoms with Gasteiger partial charge in [0.25, 0.3) is 0 Å². The molecule has 11 heavy (non-hydrogen) atoms. The van der Waals surface area contributed by atoms with Crippen molar-refractivity contribution in [2.45, 2.75) is 26.3 Å². The van der Waals surface area contributed by atoms with Crippen molar-refractivity contribution in [1.29, 1.82) is 0 Å². The van der Waals surface area contributed by atoms with Gasteiger partial charge < -0.3 is 9.73 Å². The first-order chi connectivity index (χ1) is 5.29. The molecule has 0 saturated heterocycles. The largest absolute Gasteiger partial charge is 0.472 e. The van der Waals surface area contributed by atoms with Gasteiger partial charge in [0.2, 0.25) is 0 Å². The van der Waals surface area contributed by atoms with E-state index in [1.165, 1.54) is 5.56 Å². The van der Waals surface area contributed by atoms with E-state index < -0.39 is 0 Å². The Labute approximate surface area is 67.6 Å². The van der Waals surface area contributed by atoms with E-state index in [0.717, 1.165) is 13.0 Å². The molecule has 0 bridgehead atoms. The molecular weight excluding hydrogens is 138 g/mol. The van der Waals surface area contributed by atoms with Gasteiger partial charge in [0.1, 0.15) is 0 Å². The van der Waals surface area contributed by atoms with Gasteiger partial charge in [-0.3, -0.25) is 0 Å². The third-order valence-corrected chi connectivity index (χ3v) is 1.55. The molecule has 1 heterocycles. The first-order valence-electron chi connectivity index (χ1n) is 4.03. The molecule has 0 aliphatic heterocycles. The van der Waals surface area contributed by atoms with E-state index in [1.807, 2.05) is 6.07 Å². The highest BCUT2D eigenvalue weighted by Crippen LogP contribution is 1.99. The average Bonchev–Trinajstić information content (AvgIpc) is 2.39. The second-order valence-electron chi connectivity index (χ2n) is 2.99. The Bertz CT molecular complexity index is 179. The van der Waals surface area contributed by atoms with Crippen LogP contribution in [0, 0.1) is 0 Å². The van der Waals surface area contributed by atoms with Crippen LogP contribution in [-0.2, 0) is 6.42 Å². The maximum absolute atomic E-state index is 4.94. The molecular formula is C9H15NO. The summed E-state index contributed by atoms with van der Waals surface area (Å²) in [6.07, 6.45) is 4.56. The number of rotatable bonds is 4. The van der Waals surface area contributed by atoms with Crippen molar-refractivity contribution in [3.05, 3.63) is 24.2 Å². The highest BCUT2D eigenvalue weighted by Gasteiger charge is 1.94. The van der Waals surface area contributed by atoms with E-state index in [1.54, 1.807) is 12.5 Å². The Balaban J connectivity index is 2.14. The molecule has 0 aromatic carbocycles. The maximum Gasteiger partial charge on any atom is 0.0934 e. The van der Waals surface area contributed by atoms with E-state index in [-0.39, 0.29) is 0 Å². The zero-order valence-corrected chi connectivity index (χ0v) is 7.13. The summed E-state index contributed by atoms with van der Waals surface area (Å²) in [5, 5.41) is 3.34. The van der Waals surface area contributed by atoms with Gasteiger partial charge in [0.05, 0.1) is 12.5 Å². The van der Waals surface area contributed by atoms with Crippen molar-refractivity contribution < 1.29 is 4.42 Å². The molecule has 0 atom stereocenters. The summed E-state index contributed by atoms with van der Waals surface area (Å²) < 4.78 is 4.94. The number of furan rings is 1. The summed E-state index contributed by atoms with van der Waals surface area (Å²) in [4.78, 5) is 0. The van der Waals surface area contributed by atoms with E-state index >= 15 is 0 Å². The molecule has 0 amide bonds. The Hall–Kier alpha value is -0.760. The number of hydrogen-bond donors (Lipinski definition) is 1. The summed E-state index contributed by atoms with van der Waals surface area (Å²) in [6.45, 7) is 5.32. The van der Waals surface area contributed by atoms with E-state index in [4.69, 9.17) is 4.42 Å². The van der Waals surface area contributed by atoms with Crippen molar-refractivity contribution in [1.82, 2.24) is 5.32 Å². The number of nitrogens with one attached hydrogen (secondary N) is 1. The number of hydrogen-bond acceptors (Lipinski definition) is 2. The van der Waals surface area contributed by atoms with Gasteiger partial charge in [-0.2, -0.15) is 0 Å². The van der Waals surface area contributed by atoms with Crippen LogP contribution in [0.2, 0.25) is 0 Å². The molecule has 0 aliphatic carbocycles. The van der Waals surface area contributed by atoms with Crippen molar-refractivity contribution in [2.24, 2.45) is 0 Å². The van der Waals surface area contributed by atoms with Crippen molar-refractivity contribution >= 4 is 0 Å². The lowest BCUT2D eigenvalue weighted by Gasteiger charge is -2.05. The Morgan fingerprint density at radius 1 is 1.55 bits per heavy atom. The minimum absolute atomic E-state index is 0.571. The minimum atomic E-state index is 0.571. The average molecular weight is 153 g/mol. The first-order valence-corrected chi connectivity index (χ1v) is 4.03. The van der Waals surface area contributed by atoms with Crippen LogP contribution in [-0.4, -0.2) is 12.6 Å². The third kappa shape index (κ3) is 3.23. The molecule has 0 radical (unpaired) electrons. The molecule has 0 saturated carbocycles. The van der Waals surface area contributed by atoms with Gasteiger partial charge >= 0.3 is 0 Å². The summed E-state index contributed by atoms with van der Waals surface area (Å²) in [7, 11) is 0. The van der Waals surface area contributed by atoms with Crippen LogP contribution in [0.5, 0.6) is 0 Å². The highest BCUT2D eigenvalue weighted by atomic mass is 16.3. The smallest absolute Gasteiger partial charge is 0.0934 e. The maximum atomic E-state index is 4.94. The fraction of sp³-hybridized carbons (Fsp3) is 0.556.